The fourth-order valence-electron chi connectivity index (χ4n) is 3.25. The average molecular weight is 454 g/mol. The van der Waals surface area contributed by atoms with Crippen molar-refractivity contribution in [3.8, 4) is 0 Å². The minimum absolute atomic E-state index is 0.00867. The number of halogens is 2. The van der Waals surface area contributed by atoms with E-state index in [9.17, 15) is 23.6 Å². The van der Waals surface area contributed by atoms with Crippen LogP contribution in [0.1, 0.15) is 43.2 Å². The highest BCUT2D eigenvalue weighted by Crippen LogP contribution is 2.28. The first kappa shape index (κ1) is 24.1. The van der Waals surface area contributed by atoms with E-state index in [1.54, 1.807) is 30.3 Å². The number of para-hydroxylation sites is 1. The lowest BCUT2D eigenvalue weighted by Crippen LogP contribution is -2.51. The Kier molecular flexibility index (Phi) is 7.98. The number of nitrogens with one attached hydrogen (secondary N) is 1. The molecule has 0 bridgehead atoms. The number of amides is 4. The molecule has 0 saturated carbocycles. The maximum Gasteiger partial charge on any atom is 0.291 e. The number of aromatic nitrogens is 1. The van der Waals surface area contributed by atoms with Gasteiger partial charge in [0.2, 0.25) is 5.91 Å². The second kappa shape index (κ2) is 10.3. The van der Waals surface area contributed by atoms with Crippen molar-refractivity contribution in [2.75, 3.05) is 6.54 Å². The van der Waals surface area contributed by atoms with Gasteiger partial charge in [0.05, 0.1) is 6.54 Å². The van der Waals surface area contributed by atoms with Crippen molar-refractivity contribution in [1.82, 2.24) is 15.0 Å². The van der Waals surface area contributed by atoms with E-state index >= 15 is 0 Å². The number of hydrogen-bond acceptors (Lipinski definition) is 4. The zero-order chi connectivity index (χ0) is 23.3. The molecule has 9 nitrogen and oxygen atoms in total. The van der Waals surface area contributed by atoms with Gasteiger partial charge in [-0.2, -0.15) is 0 Å². The molecule has 1 heterocycles. The van der Waals surface area contributed by atoms with E-state index in [-0.39, 0.29) is 31.0 Å². The van der Waals surface area contributed by atoms with Crippen molar-refractivity contribution in [3.63, 3.8) is 0 Å². The molecule has 1 aromatic heterocycles. The molecule has 0 aliphatic rings. The molecular formula is C20H25ClFN5O4. The van der Waals surface area contributed by atoms with Crippen molar-refractivity contribution in [3.05, 3.63) is 36.0 Å². The maximum atomic E-state index is 13.4. The molecule has 2 atom stereocenters. The number of hydrogen-bond donors (Lipinski definition) is 3. The number of benzene rings is 1. The lowest BCUT2D eigenvalue weighted by molar-refractivity contribution is -0.145. The molecule has 2 aromatic rings. The van der Waals surface area contributed by atoms with Gasteiger partial charge in [-0.25, -0.2) is 9.40 Å². The van der Waals surface area contributed by atoms with Crippen LogP contribution in [0.5, 0.6) is 0 Å². The Bertz CT molecular complexity index is 991. The van der Waals surface area contributed by atoms with Gasteiger partial charge in [-0.1, -0.05) is 43.6 Å². The first-order valence-electron chi connectivity index (χ1n) is 9.61. The zero-order valence-corrected chi connectivity index (χ0v) is 17.9. The zero-order valence-electron chi connectivity index (χ0n) is 17.2. The number of carbonyl (C=O) groups excluding carboxylic acids is 4. The van der Waals surface area contributed by atoms with E-state index in [4.69, 9.17) is 23.1 Å². The molecule has 1 unspecified atom stereocenters. The summed E-state index contributed by atoms with van der Waals surface area (Å²) >= 11 is 5.24. The van der Waals surface area contributed by atoms with E-state index in [1.807, 2.05) is 13.8 Å². The van der Waals surface area contributed by atoms with Crippen LogP contribution in [0.3, 0.4) is 0 Å². The molecule has 5 N–H and O–H groups in total. The van der Waals surface area contributed by atoms with Crippen LogP contribution in [-0.4, -0.2) is 45.4 Å². The van der Waals surface area contributed by atoms with Gasteiger partial charge in [0.15, 0.2) is 0 Å². The topological polar surface area (TPSA) is 141 Å². The van der Waals surface area contributed by atoms with Crippen LogP contribution in [0.25, 0.3) is 10.9 Å². The first-order chi connectivity index (χ1) is 14.5. The Labute approximate surface area is 183 Å². The molecule has 168 valence electrons. The summed E-state index contributed by atoms with van der Waals surface area (Å²) in [6.45, 7) is 3.39. The van der Waals surface area contributed by atoms with E-state index < -0.39 is 35.3 Å². The summed E-state index contributed by atoms with van der Waals surface area (Å²) in [5.41, 5.74) is 11.2. The molecule has 2 rings (SSSR count). The molecule has 0 spiro atoms. The van der Waals surface area contributed by atoms with Crippen LogP contribution in [0.15, 0.2) is 30.3 Å². The number of nitrogens with two attached hydrogens (primary N) is 2. The van der Waals surface area contributed by atoms with Crippen LogP contribution in [-0.2, 0) is 14.4 Å². The van der Waals surface area contributed by atoms with Gasteiger partial charge in [0.25, 0.3) is 23.4 Å². The number of primary amides is 2. The van der Waals surface area contributed by atoms with Gasteiger partial charge in [0, 0.05) is 17.3 Å². The molecule has 11 heteroatoms. The SMILES string of the molecule is CC(C)C[C@@H](C(=O)NN(CCC(N)=O)C(=O)C(F)Cl)n1c(C(N)=O)cc2ccccc21. The highest BCUT2D eigenvalue weighted by molar-refractivity contribution is 6.29. The second-order valence-corrected chi connectivity index (χ2v) is 7.83. The molecule has 0 saturated heterocycles. The van der Waals surface area contributed by atoms with Gasteiger partial charge in [-0.15, -0.1) is 0 Å². The molecule has 4 amide bonds. The monoisotopic (exact) mass is 453 g/mol. The van der Waals surface area contributed by atoms with E-state index in [2.05, 4.69) is 5.43 Å². The van der Waals surface area contributed by atoms with E-state index in [1.165, 1.54) is 4.57 Å². The molecule has 0 fully saturated rings. The fraction of sp³-hybridized carbons (Fsp3) is 0.400. The number of rotatable bonds is 9. The normalized spacial score (nSPS) is 13.1. The summed E-state index contributed by atoms with van der Waals surface area (Å²) in [7, 11) is 0. The van der Waals surface area contributed by atoms with Crippen molar-refractivity contribution < 1.29 is 23.6 Å². The van der Waals surface area contributed by atoms with Crippen molar-refractivity contribution in [1.29, 1.82) is 0 Å². The predicted molar refractivity (Wildman–Crippen MR) is 113 cm³/mol. The van der Waals surface area contributed by atoms with Crippen LogP contribution in [0.2, 0.25) is 0 Å². The lowest BCUT2D eigenvalue weighted by atomic mass is 10.0. The third kappa shape index (κ3) is 5.94. The number of alkyl halides is 2. The summed E-state index contributed by atoms with van der Waals surface area (Å²) in [5, 5.41) is 1.32. The van der Waals surface area contributed by atoms with Crippen LogP contribution in [0, 0.1) is 5.92 Å². The van der Waals surface area contributed by atoms with Crippen molar-refractivity contribution in [2.45, 2.75) is 38.4 Å². The second-order valence-electron chi connectivity index (χ2n) is 7.45. The summed E-state index contributed by atoms with van der Waals surface area (Å²) in [4.78, 5) is 48.5. The minimum Gasteiger partial charge on any atom is -0.370 e. The van der Waals surface area contributed by atoms with Crippen LogP contribution >= 0.6 is 11.6 Å². The molecule has 0 aliphatic carbocycles. The molecule has 1 aromatic carbocycles. The third-order valence-electron chi connectivity index (χ3n) is 4.59. The summed E-state index contributed by atoms with van der Waals surface area (Å²) in [5.74, 6) is -3.42. The Balaban J connectivity index is 2.48. The fourth-order valence-corrected chi connectivity index (χ4v) is 3.36. The van der Waals surface area contributed by atoms with Crippen LogP contribution < -0.4 is 16.9 Å². The van der Waals surface area contributed by atoms with Crippen LogP contribution in [0.4, 0.5) is 4.39 Å². The van der Waals surface area contributed by atoms with Crippen molar-refractivity contribution >= 4 is 46.1 Å². The lowest BCUT2D eigenvalue weighted by Gasteiger charge is -2.28. The largest absolute Gasteiger partial charge is 0.370 e. The Morgan fingerprint density at radius 1 is 1.19 bits per heavy atom. The van der Waals surface area contributed by atoms with Gasteiger partial charge in [-0.05, 0) is 24.5 Å². The number of hydrazine groups is 1. The van der Waals surface area contributed by atoms with E-state index in [0.29, 0.717) is 15.9 Å². The van der Waals surface area contributed by atoms with Gasteiger partial charge < -0.3 is 16.0 Å². The third-order valence-corrected chi connectivity index (χ3v) is 4.78. The molecule has 0 radical (unpaired) electrons. The smallest absolute Gasteiger partial charge is 0.291 e. The highest BCUT2D eigenvalue weighted by Gasteiger charge is 2.31. The maximum absolute atomic E-state index is 13.4. The number of nitrogens with zero attached hydrogens (tertiary/aromatic N) is 2. The Hall–Kier alpha value is -3.14. The summed E-state index contributed by atoms with van der Waals surface area (Å²) in [6.07, 6.45) is -0.0357. The minimum atomic E-state index is -2.43. The standard InChI is InChI=1S/C20H25ClFN5O4/c1-11(2)9-15(19(30)25-26(8-7-16(23)28)20(31)17(21)22)27-13-6-4-3-5-12(13)10-14(27)18(24)29/h3-6,10-11,15,17H,7-9H2,1-2H3,(H2,23,28)(H2,24,29)(H,25,30)/t15-,17?/m0/s1. The summed E-state index contributed by atoms with van der Waals surface area (Å²) < 4.78 is 14.9. The van der Waals surface area contributed by atoms with Gasteiger partial charge >= 0.3 is 0 Å². The van der Waals surface area contributed by atoms with E-state index in [0.717, 1.165) is 0 Å². The van der Waals surface area contributed by atoms with Crippen molar-refractivity contribution in [2.24, 2.45) is 17.4 Å². The predicted octanol–water partition coefficient (Wildman–Crippen LogP) is 1.60. The number of carbonyl (C=O) groups is 4. The summed E-state index contributed by atoms with van der Waals surface area (Å²) in [6, 6.07) is 7.64. The molecular weight excluding hydrogens is 429 g/mol. The molecule has 0 aliphatic heterocycles. The average Bonchev–Trinajstić information content (AvgIpc) is 3.07. The first-order valence-corrected chi connectivity index (χ1v) is 10.0. The Morgan fingerprint density at radius 3 is 2.39 bits per heavy atom. The molecule has 31 heavy (non-hydrogen) atoms. The Morgan fingerprint density at radius 2 is 1.84 bits per heavy atom. The van der Waals surface area contributed by atoms with Gasteiger partial charge in [-0.3, -0.25) is 24.6 Å². The quantitative estimate of drug-likeness (QED) is 0.391. The number of fused-ring (bicyclic) bond motifs is 1. The highest BCUT2D eigenvalue weighted by atomic mass is 35.5. The van der Waals surface area contributed by atoms with Gasteiger partial charge in [0.1, 0.15) is 11.7 Å².